The Hall–Kier alpha value is -1.51. The summed E-state index contributed by atoms with van der Waals surface area (Å²) in [6, 6.07) is 6.63. The van der Waals surface area contributed by atoms with Crippen molar-refractivity contribution in [1.29, 1.82) is 0 Å². The summed E-state index contributed by atoms with van der Waals surface area (Å²) in [5.41, 5.74) is 2.83. The van der Waals surface area contributed by atoms with Gasteiger partial charge in [0.1, 0.15) is 5.75 Å². The van der Waals surface area contributed by atoms with Crippen LogP contribution in [0.3, 0.4) is 0 Å². The van der Waals surface area contributed by atoms with E-state index in [9.17, 15) is 4.79 Å². The summed E-state index contributed by atoms with van der Waals surface area (Å²) in [4.78, 5) is 11.6. The normalized spacial score (nSPS) is 30.1. The lowest BCUT2D eigenvalue weighted by Gasteiger charge is -2.46. The minimum absolute atomic E-state index is 0.0655. The van der Waals surface area contributed by atoms with Gasteiger partial charge in [0, 0.05) is 17.9 Å². The van der Waals surface area contributed by atoms with Gasteiger partial charge in [0.25, 0.3) is 0 Å². The van der Waals surface area contributed by atoms with E-state index in [-0.39, 0.29) is 17.4 Å². The van der Waals surface area contributed by atoms with E-state index in [1.165, 1.54) is 11.1 Å². The summed E-state index contributed by atoms with van der Waals surface area (Å²) >= 11 is 0. The van der Waals surface area contributed by atoms with Gasteiger partial charge >= 0.3 is 0 Å². The van der Waals surface area contributed by atoms with E-state index in [2.05, 4.69) is 24.4 Å². The first kappa shape index (κ1) is 11.6. The summed E-state index contributed by atoms with van der Waals surface area (Å²) < 4.78 is 5.34. The SMILES string of the molecule is COc1ccc2c(c1)C1(C)CCC(=O)NC1CC2. The lowest BCUT2D eigenvalue weighted by atomic mass is 9.64. The average molecular weight is 245 g/mol. The van der Waals surface area contributed by atoms with E-state index in [1.54, 1.807) is 7.11 Å². The van der Waals surface area contributed by atoms with Crippen molar-refractivity contribution >= 4 is 5.91 Å². The Morgan fingerprint density at radius 2 is 2.22 bits per heavy atom. The van der Waals surface area contributed by atoms with Gasteiger partial charge in [-0.3, -0.25) is 4.79 Å². The molecule has 1 aliphatic heterocycles. The molecule has 96 valence electrons. The third-order valence-electron chi connectivity index (χ3n) is 4.61. The van der Waals surface area contributed by atoms with Crippen LogP contribution in [0.25, 0.3) is 0 Å². The quantitative estimate of drug-likeness (QED) is 0.823. The number of nitrogens with one attached hydrogen (secondary N) is 1. The van der Waals surface area contributed by atoms with Gasteiger partial charge in [-0.05, 0) is 42.5 Å². The fourth-order valence-electron chi connectivity index (χ4n) is 3.42. The predicted octanol–water partition coefficient (Wildman–Crippen LogP) is 2.18. The molecule has 18 heavy (non-hydrogen) atoms. The maximum atomic E-state index is 11.6. The van der Waals surface area contributed by atoms with Gasteiger partial charge in [0.2, 0.25) is 5.91 Å². The third kappa shape index (κ3) is 1.61. The molecule has 0 aromatic heterocycles. The Morgan fingerprint density at radius 3 is 3.00 bits per heavy atom. The second kappa shape index (κ2) is 4.01. The van der Waals surface area contributed by atoms with E-state index in [4.69, 9.17) is 4.74 Å². The molecule has 1 fully saturated rings. The van der Waals surface area contributed by atoms with E-state index >= 15 is 0 Å². The van der Waals surface area contributed by atoms with Crippen molar-refractivity contribution in [1.82, 2.24) is 5.32 Å². The Kier molecular flexibility index (Phi) is 2.58. The number of hydrogen-bond acceptors (Lipinski definition) is 2. The molecule has 2 unspecified atom stereocenters. The highest BCUT2D eigenvalue weighted by molar-refractivity contribution is 5.78. The van der Waals surface area contributed by atoms with Gasteiger partial charge in [0.05, 0.1) is 7.11 Å². The number of ether oxygens (including phenoxy) is 1. The molecule has 1 aromatic rings. The lowest BCUT2D eigenvalue weighted by molar-refractivity contribution is -0.125. The first-order valence-corrected chi connectivity index (χ1v) is 6.60. The molecule has 1 N–H and O–H groups in total. The van der Waals surface area contributed by atoms with Gasteiger partial charge in [-0.25, -0.2) is 0 Å². The van der Waals surface area contributed by atoms with Gasteiger partial charge < -0.3 is 10.1 Å². The van der Waals surface area contributed by atoms with Gasteiger partial charge in [-0.2, -0.15) is 0 Å². The number of benzene rings is 1. The van der Waals surface area contributed by atoms with Gasteiger partial charge in [-0.15, -0.1) is 0 Å². The van der Waals surface area contributed by atoms with Crippen molar-refractivity contribution < 1.29 is 9.53 Å². The number of hydrogen-bond donors (Lipinski definition) is 1. The zero-order valence-electron chi connectivity index (χ0n) is 11.0. The van der Waals surface area contributed by atoms with Crippen molar-refractivity contribution in [2.24, 2.45) is 0 Å². The number of methoxy groups -OCH3 is 1. The summed E-state index contributed by atoms with van der Waals surface area (Å²) in [6.07, 6.45) is 3.65. The molecule has 1 aromatic carbocycles. The number of carbonyl (C=O) groups is 1. The standard InChI is InChI=1S/C15H19NO2/c1-15-8-7-14(17)16-13(15)6-4-10-3-5-11(18-2)9-12(10)15/h3,5,9,13H,4,6-8H2,1-2H3,(H,16,17). The number of fused-ring (bicyclic) bond motifs is 3. The second-order valence-corrected chi connectivity index (χ2v) is 5.60. The van der Waals surface area contributed by atoms with E-state index in [0.29, 0.717) is 6.42 Å². The van der Waals surface area contributed by atoms with Crippen LogP contribution in [-0.4, -0.2) is 19.1 Å². The minimum atomic E-state index is 0.0655. The number of carbonyl (C=O) groups excluding carboxylic acids is 1. The molecule has 1 aliphatic carbocycles. The highest BCUT2D eigenvalue weighted by atomic mass is 16.5. The highest BCUT2D eigenvalue weighted by Gasteiger charge is 2.44. The number of rotatable bonds is 1. The molecule has 3 rings (SSSR count). The zero-order valence-corrected chi connectivity index (χ0v) is 11.0. The predicted molar refractivity (Wildman–Crippen MR) is 69.8 cm³/mol. The molecule has 2 atom stereocenters. The fourth-order valence-corrected chi connectivity index (χ4v) is 3.42. The van der Waals surface area contributed by atoms with E-state index in [1.807, 2.05) is 6.07 Å². The summed E-state index contributed by atoms with van der Waals surface area (Å²) in [7, 11) is 1.70. The average Bonchev–Trinajstić information content (AvgIpc) is 2.39. The van der Waals surface area contributed by atoms with Crippen LogP contribution in [0.15, 0.2) is 18.2 Å². The smallest absolute Gasteiger partial charge is 0.220 e. The highest BCUT2D eigenvalue weighted by Crippen LogP contribution is 2.43. The summed E-state index contributed by atoms with van der Waals surface area (Å²) in [6.45, 7) is 2.27. The molecule has 2 aliphatic rings. The topological polar surface area (TPSA) is 38.3 Å². The third-order valence-corrected chi connectivity index (χ3v) is 4.61. The maximum Gasteiger partial charge on any atom is 0.220 e. The molecular formula is C15H19NO2. The molecule has 1 saturated heterocycles. The largest absolute Gasteiger partial charge is 0.497 e. The van der Waals surface area contributed by atoms with Crippen LogP contribution in [0, 0.1) is 0 Å². The molecule has 3 heteroatoms. The van der Waals surface area contributed by atoms with Crippen molar-refractivity contribution in [3.8, 4) is 5.75 Å². The molecule has 0 saturated carbocycles. The van der Waals surface area contributed by atoms with Crippen LogP contribution in [0.2, 0.25) is 0 Å². The Balaban J connectivity index is 2.06. The van der Waals surface area contributed by atoms with Gasteiger partial charge in [-0.1, -0.05) is 13.0 Å². The van der Waals surface area contributed by atoms with Crippen LogP contribution < -0.4 is 10.1 Å². The van der Waals surface area contributed by atoms with E-state index < -0.39 is 0 Å². The molecule has 1 heterocycles. The first-order chi connectivity index (χ1) is 8.63. The van der Waals surface area contributed by atoms with Crippen molar-refractivity contribution in [2.45, 2.75) is 44.1 Å². The van der Waals surface area contributed by atoms with Gasteiger partial charge in [0.15, 0.2) is 0 Å². The zero-order chi connectivity index (χ0) is 12.8. The first-order valence-electron chi connectivity index (χ1n) is 6.60. The lowest BCUT2D eigenvalue weighted by Crippen LogP contribution is -2.55. The number of piperidine rings is 1. The van der Waals surface area contributed by atoms with E-state index in [0.717, 1.165) is 25.0 Å². The van der Waals surface area contributed by atoms with Crippen LogP contribution in [0.5, 0.6) is 5.75 Å². The summed E-state index contributed by atoms with van der Waals surface area (Å²) in [5, 5.41) is 3.16. The van der Waals surface area contributed by atoms with Crippen LogP contribution in [0.1, 0.15) is 37.3 Å². The van der Waals surface area contributed by atoms with Crippen LogP contribution in [0.4, 0.5) is 0 Å². The van der Waals surface area contributed by atoms with Crippen molar-refractivity contribution in [2.75, 3.05) is 7.11 Å². The Labute approximate surface area is 108 Å². The van der Waals surface area contributed by atoms with Crippen LogP contribution >= 0.6 is 0 Å². The molecule has 0 radical (unpaired) electrons. The monoisotopic (exact) mass is 245 g/mol. The molecular weight excluding hydrogens is 226 g/mol. The van der Waals surface area contributed by atoms with Crippen molar-refractivity contribution in [3.05, 3.63) is 29.3 Å². The molecule has 3 nitrogen and oxygen atoms in total. The fraction of sp³-hybridized carbons (Fsp3) is 0.533. The van der Waals surface area contributed by atoms with Crippen molar-refractivity contribution in [3.63, 3.8) is 0 Å². The molecule has 0 spiro atoms. The second-order valence-electron chi connectivity index (χ2n) is 5.60. The molecule has 1 amide bonds. The molecule has 0 bridgehead atoms. The maximum absolute atomic E-state index is 11.6. The number of aryl methyl sites for hydroxylation is 1. The Bertz CT molecular complexity index is 497. The Morgan fingerprint density at radius 1 is 1.39 bits per heavy atom. The van der Waals surface area contributed by atoms with Crippen LogP contribution in [-0.2, 0) is 16.6 Å². The number of amides is 1. The minimum Gasteiger partial charge on any atom is -0.497 e. The summed E-state index contributed by atoms with van der Waals surface area (Å²) in [5.74, 6) is 1.11.